The maximum atomic E-state index is 13.9. The molecule has 8 heteroatoms. The number of carbonyl (C=O) groups excluding carboxylic acids is 1. The molecule has 1 saturated heterocycles. The van der Waals surface area contributed by atoms with Crippen LogP contribution in [0.4, 0.5) is 4.39 Å². The van der Waals surface area contributed by atoms with E-state index in [1.54, 1.807) is 48.2 Å². The summed E-state index contributed by atoms with van der Waals surface area (Å²) >= 11 is 6.00. The van der Waals surface area contributed by atoms with Gasteiger partial charge in [0.1, 0.15) is 23.9 Å². The molecule has 1 aromatic heterocycles. The summed E-state index contributed by atoms with van der Waals surface area (Å²) in [5.74, 6) is 0.757. The summed E-state index contributed by atoms with van der Waals surface area (Å²) in [6.07, 6.45) is 0. The third-order valence-corrected chi connectivity index (χ3v) is 5.61. The lowest BCUT2D eigenvalue weighted by Crippen LogP contribution is -2.48. The van der Waals surface area contributed by atoms with Gasteiger partial charge >= 0.3 is 0 Å². The lowest BCUT2D eigenvalue weighted by atomic mass is 10.1. The van der Waals surface area contributed by atoms with Gasteiger partial charge in [0.05, 0.1) is 5.56 Å². The van der Waals surface area contributed by atoms with E-state index in [4.69, 9.17) is 20.9 Å². The van der Waals surface area contributed by atoms with Crippen LogP contribution in [0, 0.1) is 12.7 Å². The number of carbonyl (C=O) groups is 1. The Labute approximate surface area is 185 Å². The molecule has 3 aromatic rings. The van der Waals surface area contributed by atoms with Gasteiger partial charge in [0, 0.05) is 43.3 Å². The lowest BCUT2D eigenvalue weighted by Gasteiger charge is -2.34. The number of rotatable bonds is 6. The third kappa shape index (κ3) is 5.06. The van der Waals surface area contributed by atoms with Crippen molar-refractivity contribution >= 4 is 17.5 Å². The Kier molecular flexibility index (Phi) is 6.53. The molecule has 0 radical (unpaired) electrons. The van der Waals surface area contributed by atoms with E-state index in [2.05, 4.69) is 10.1 Å². The third-order valence-electron chi connectivity index (χ3n) is 5.38. The van der Waals surface area contributed by atoms with E-state index >= 15 is 0 Å². The molecule has 162 valence electrons. The van der Waals surface area contributed by atoms with Gasteiger partial charge < -0.3 is 14.2 Å². The molecular formula is C23H23ClFN3O3. The average Bonchev–Trinajstić information content (AvgIpc) is 3.14. The smallest absolute Gasteiger partial charge is 0.276 e. The fourth-order valence-corrected chi connectivity index (χ4v) is 3.75. The number of hydrogen-bond acceptors (Lipinski definition) is 5. The number of aryl methyl sites for hydroxylation is 1. The highest BCUT2D eigenvalue weighted by atomic mass is 35.5. The van der Waals surface area contributed by atoms with Gasteiger partial charge in [-0.05, 0) is 31.2 Å². The summed E-state index contributed by atoms with van der Waals surface area (Å²) in [6.45, 7) is 4.82. The summed E-state index contributed by atoms with van der Waals surface area (Å²) in [6, 6.07) is 13.8. The molecule has 0 bridgehead atoms. The molecule has 1 aliphatic rings. The molecule has 1 fully saturated rings. The van der Waals surface area contributed by atoms with Crippen molar-refractivity contribution in [3.05, 3.63) is 82.0 Å². The zero-order valence-corrected chi connectivity index (χ0v) is 17.9. The van der Waals surface area contributed by atoms with Gasteiger partial charge in [0.25, 0.3) is 5.91 Å². The molecule has 0 atom stereocenters. The standard InChI is InChI=1S/C23H23ClFN3O3/c1-16-20(15-30-19-7-4-6-18(24)13-19)22(26-31-16)23(29)28-11-9-27(10-12-28)14-17-5-2-3-8-21(17)25/h2-8,13H,9-12,14-15H2,1H3. The van der Waals surface area contributed by atoms with Gasteiger partial charge in [-0.15, -0.1) is 0 Å². The Bertz CT molecular complexity index is 1060. The van der Waals surface area contributed by atoms with Gasteiger partial charge in [-0.3, -0.25) is 9.69 Å². The Balaban J connectivity index is 1.37. The van der Waals surface area contributed by atoms with Crippen LogP contribution >= 0.6 is 11.6 Å². The number of benzene rings is 2. The Morgan fingerprint density at radius 3 is 2.68 bits per heavy atom. The first-order valence-corrected chi connectivity index (χ1v) is 10.5. The van der Waals surface area contributed by atoms with Crippen molar-refractivity contribution in [2.24, 2.45) is 0 Å². The number of hydrogen-bond donors (Lipinski definition) is 0. The largest absolute Gasteiger partial charge is 0.489 e. The number of amides is 1. The molecule has 4 rings (SSSR count). The Hall–Kier alpha value is -2.90. The van der Waals surface area contributed by atoms with Crippen LogP contribution in [0.1, 0.15) is 27.4 Å². The van der Waals surface area contributed by atoms with Crippen LogP contribution in [-0.4, -0.2) is 47.0 Å². The van der Waals surface area contributed by atoms with Crippen molar-refractivity contribution in [1.29, 1.82) is 0 Å². The van der Waals surface area contributed by atoms with Crippen LogP contribution in [-0.2, 0) is 13.2 Å². The first-order chi connectivity index (χ1) is 15.0. The zero-order chi connectivity index (χ0) is 21.8. The molecule has 2 aromatic carbocycles. The van der Waals surface area contributed by atoms with Gasteiger partial charge in [0.15, 0.2) is 5.69 Å². The van der Waals surface area contributed by atoms with E-state index in [-0.39, 0.29) is 24.0 Å². The van der Waals surface area contributed by atoms with Crippen molar-refractivity contribution < 1.29 is 18.4 Å². The van der Waals surface area contributed by atoms with Crippen molar-refractivity contribution in [3.8, 4) is 5.75 Å². The summed E-state index contributed by atoms with van der Waals surface area (Å²) in [7, 11) is 0. The van der Waals surface area contributed by atoms with Gasteiger partial charge in [-0.1, -0.05) is 41.0 Å². The molecule has 0 spiro atoms. The Morgan fingerprint density at radius 1 is 1.16 bits per heavy atom. The molecule has 6 nitrogen and oxygen atoms in total. The highest BCUT2D eigenvalue weighted by Gasteiger charge is 2.28. The molecule has 2 heterocycles. The number of nitrogens with zero attached hydrogens (tertiary/aromatic N) is 3. The fourth-order valence-electron chi connectivity index (χ4n) is 3.57. The monoisotopic (exact) mass is 443 g/mol. The number of piperazine rings is 1. The molecule has 31 heavy (non-hydrogen) atoms. The summed E-state index contributed by atoms with van der Waals surface area (Å²) in [4.78, 5) is 17.0. The minimum Gasteiger partial charge on any atom is -0.489 e. The van der Waals surface area contributed by atoms with Gasteiger partial charge in [-0.25, -0.2) is 4.39 Å². The molecule has 1 aliphatic heterocycles. The zero-order valence-electron chi connectivity index (χ0n) is 17.2. The maximum Gasteiger partial charge on any atom is 0.276 e. The number of ether oxygens (including phenoxy) is 1. The van der Waals surface area contributed by atoms with Crippen LogP contribution in [0.3, 0.4) is 0 Å². The molecule has 1 amide bonds. The topological polar surface area (TPSA) is 58.8 Å². The highest BCUT2D eigenvalue weighted by molar-refractivity contribution is 6.30. The normalized spacial score (nSPS) is 14.6. The second-order valence-electron chi connectivity index (χ2n) is 7.47. The minimum absolute atomic E-state index is 0.157. The second kappa shape index (κ2) is 9.49. The predicted octanol–water partition coefficient (Wildman–Crippen LogP) is 4.31. The summed E-state index contributed by atoms with van der Waals surface area (Å²) in [5.41, 5.74) is 1.55. The first-order valence-electron chi connectivity index (χ1n) is 10.1. The number of halogens is 2. The average molecular weight is 444 g/mol. The van der Waals surface area contributed by atoms with E-state index in [0.717, 1.165) is 0 Å². The fraction of sp³-hybridized carbons (Fsp3) is 0.304. The van der Waals surface area contributed by atoms with Gasteiger partial charge in [0.2, 0.25) is 0 Å². The van der Waals surface area contributed by atoms with Crippen LogP contribution < -0.4 is 4.74 Å². The molecule has 0 saturated carbocycles. The lowest BCUT2D eigenvalue weighted by molar-refractivity contribution is 0.0615. The molecule has 0 N–H and O–H groups in total. The summed E-state index contributed by atoms with van der Waals surface area (Å²) in [5, 5.41) is 4.56. The van der Waals surface area contributed by atoms with E-state index < -0.39 is 0 Å². The number of aromatic nitrogens is 1. The highest BCUT2D eigenvalue weighted by Crippen LogP contribution is 2.22. The van der Waals surface area contributed by atoms with Crippen LogP contribution in [0.25, 0.3) is 0 Å². The van der Waals surface area contributed by atoms with E-state index in [9.17, 15) is 9.18 Å². The van der Waals surface area contributed by atoms with E-state index in [0.29, 0.717) is 60.4 Å². The molecular weight excluding hydrogens is 421 g/mol. The van der Waals surface area contributed by atoms with Crippen LogP contribution in [0.2, 0.25) is 5.02 Å². The second-order valence-corrected chi connectivity index (χ2v) is 7.91. The SMILES string of the molecule is Cc1onc(C(=O)N2CCN(Cc3ccccc3F)CC2)c1COc1cccc(Cl)c1. The van der Waals surface area contributed by atoms with Crippen molar-refractivity contribution in [2.45, 2.75) is 20.1 Å². The minimum atomic E-state index is -0.205. The molecule has 0 unspecified atom stereocenters. The van der Waals surface area contributed by atoms with E-state index in [1.807, 2.05) is 6.07 Å². The van der Waals surface area contributed by atoms with E-state index in [1.165, 1.54) is 6.07 Å². The van der Waals surface area contributed by atoms with Crippen molar-refractivity contribution in [3.63, 3.8) is 0 Å². The first kappa shape index (κ1) is 21.3. The Morgan fingerprint density at radius 2 is 1.94 bits per heavy atom. The summed E-state index contributed by atoms with van der Waals surface area (Å²) < 4.78 is 25.0. The maximum absolute atomic E-state index is 13.9. The van der Waals surface area contributed by atoms with Crippen LogP contribution in [0.5, 0.6) is 5.75 Å². The van der Waals surface area contributed by atoms with Gasteiger partial charge in [-0.2, -0.15) is 0 Å². The van der Waals surface area contributed by atoms with Crippen molar-refractivity contribution in [2.75, 3.05) is 26.2 Å². The quantitative estimate of drug-likeness (QED) is 0.568. The molecule has 0 aliphatic carbocycles. The predicted molar refractivity (Wildman–Crippen MR) is 115 cm³/mol. The van der Waals surface area contributed by atoms with Crippen molar-refractivity contribution in [1.82, 2.24) is 15.0 Å². The van der Waals surface area contributed by atoms with Crippen LogP contribution in [0.15, 0.2) is 53.1 Å².